The second-order valence-electron chi connectivity index (χ2n) is 5.45. The summed E-state index contributed by atoms with van der Waals surface area (Å²) < 4.78 is 5.28. The molecule has 2 aromatic carbocycles. The highest BCUT2D eigenvalue weighted by molar-refractivity contribution is 5.78. The van der Waals surface area contributed by atoms with E-state index in [9.17, 15) is 9.90 Å². The maximum atomic E-state index is 11.6. The van der Waals surface area contributed by atoms with E-state index in [0.717, 1.165) is 18.4 Å². The number of carbonyl (C=O) groups excluding carboxylic acids is 1. The quantitative estimate of drug-likeness (QED) is 0.846. The normalized spacial score (nSPS) is 11.4. The zero-order valence-electron chi connectivity index (χ0n) is 13.7. The average molecular weight is 323 g/mol. The van der Waals surface area contributed by atoms with Gasteiger partial charge in [-0.05, 0) is 53.9 Å². The van der Waals surface area contributed by atoms with E-state index in [1.807, 2.05) is 18.2 Å². The van der Waals surface area contributed by atoms with Crippen molar-refractivity contribution in [1.29, 1.82) is 5.26 Å². The molecule has 2 aromatic rings. The lowest BCUT2D eigenvalue weighted by atomic mass is 10.0. The summed E-state index contributed by atoms with van der Waals surface area (Å²) in [6, 6.07) is 13.1. The fourth-order valence-electron chi connectivity index (χ4n) is 2.49. The van der Waals surface area contributed by atoms with Gasteiger partial charge in [-0.15, -0.1) is 0 Å². The lowest BCUT2D eigenvalue weighted by Gasteiger charge is -2.22. The maximum absolute atomic E-state index is 11.6. The molecule has 0 aliphatic carbocycles. The van der Waals surface area contributed by atoms with Crippen molar-refractivity contribution in [2.24, 2.45) is 0 Å². The Kier molecular flexibility index (Phi) is 5.80. The number of hydrogen-bond donors (Lipinski definition) is 1. The largest absolute Gasteiger partial charge is 0.548 e. The van der Waals surface area contributed by atoms with Crippen LogP contribution in [0.2, 0.25) is 0 Å². The monoisotopic (exact) mass is 323 g/mol. The van der Waals surface area contributed by atoms with E-state index in [1.165, 1.54) is 0 Å². The van der Waals surface area contributed by atoms with Crippen LogP contribution in [-0.2, 0) is 11.2 Å². The SMILES string of the molecule is CCCc1cc(OC)cc(C(Nc2ccc(C#N)cc2)C(=O)[O-])c1. The molecule has 1 atom stereocenters. The van der Waals surface area contributed by atoms with Crippen molar-refractivity contribution in [3.05, 3.63) is 59.2 Å². The van der Waals surface area contributed by atoms with Crippen LogP contribution in [0.5, 0.6) is 5.75 Å². The van der Waals surface area contributed by atoms with Gasteiger partial charge in [0.2, 0.25) is 0 Å². The Morgan fingerprint density at radius 1 is 1.29 bits per heavy atom. The first-order valence-electron chi connectivity index (χ1n) is 7.72. The number of carboxylic acid groups (broad SMARTS) is 1. The van der Waals surface area contributed by atoms with Crippen LogP contribution in [0.25, 0.3) is 0 Å². The van der Waals surface area contributed by atoms with Gasteiger partial charge in [0, 0.05) is 5.69 Å². The smallest absolute Gasteiger partial charge is 0.119 e. The van der Waals surface area contributed by atoms with E-state index in [0.29, 0.717) is 22.6 Å². The first-order chi connectivity index (χ1) is 11.6. The Hall–Kier alpha value is -3.00. The van der Waals surface area contributed by atoms with Gasteiger partial charge in [-0.2, -0.15) is 5.26 Å². The lowest BCUT2D eigenvalue weighted by molar-refractivity contribution is -0.307. The van der Waals surface area contributed by atoms with Crippen LogP contribution in [0.3, 0.4) is 0 Å². The number of hydrogen-bond acceptors (Lipinski definition) is 5. The number of aryl methyl sites for hydroxylation is 1. The van der Waals surface area contributed by atoms with Crippen LogP contribution < -0.4 is 15.2 Å². The fourth-order valence-corrected chi connectivity index (χ4v) is 2.49. The third kappa shape index (κ3) is 4.26. The van der Waals surface area contributed by atoms with Gasteiger partial charge in [0.15, 0.2) is 0 Å². The molecular formula is C19H19N2O3-. The number of rotatable bonds is 7. The van der Waals surface area contributed by atoms with E-state index in [4.69, 9.17) is 10.00 Å². The van der Waals surface area contributed by atoms with Crippen molar-refractivity contribution in [3.8, 4) is 11.8 Å². The molecule has 24 heavy (non-hydrogen) atoms. The van der Waals surface area contributed by atoms with Crippen molar-refractivity contribution in [3.63, 3.8) is 0 Å². The summed E-state index contributed by atoms with van der Waals surface area (Å²) >= 11 is 0. The predicted molar refractivity (Wildman–Crippen MR) is 89.5 cm³/mol. The lowest BCUT2D eigenvalue weighted by Crippen LogP contribution is -2.34. The standard InChI is InChI=1S/C19H20N2O3/c1-3-4-14-9-15(11-17(10-14)24-2)18(19(22)23)21-16-7-5-13(12-20)6-8-16/h5-11,18,21H,3-4H2,1-2H3,(H,22,23)/p-1. The van der Waals surface area contributed by atoms with E-state index in [1.54, 1.807) is 37.4 Å². The molecule has 0 spiro atoms. The molecule has 5 nitrogen and oxygen atoms in total. The number of nitrogens with zero attached hydrogens (tertiary/aromatic N) is 1. The topological polar surface area (TPSA) is 85.2 Å². The summed E-state index contributed by atoms with van der Waals surface area (Å²) in [4.78, 5) is 11.6. The number of aliphatic carboxylic acids is 1. The van der Waals surface area contributed by atoms with E-state index in [-0.39, 0.29) is 0 Å². The number of nitrogens with one attached hydrogen (secondary N) is 1. The van der Waals surface area contributed by atoms with Crippen LogP contribution in [0.4, 0.5) is 5.69 Å². The Morgan fingerprint density at radius 2 is 2.00 bits per heavy atom. The molecule has 1 N–H and O–H groups in total. The predicted octanol–water partition coefficient (Wildman–Crippen LogP) is 2.42. The van der Waals surface area contributed by atoms with Gasteiger partial charge < -0.3 is 20.0 Å². The van der Waals surface area contributed by atoms with Gasteiger partial charge >= 0.3 is 0 Å². The number of nitriles is 1. The molecule has 1 unspecified atom stereocenters. The van der Waals surface area contributed by atoms with Gasteiger partial charge in [-0.1, -0.05) is 19.4 Å². The third-order valence-corrected chi connectivity index (χ3v) is 3.66. The molecule has 5 heteroatoms. The molecule has 2 rings (SSSR count). The summed E-state index contributed by atoms with van der Waals surface area (Å²) in [5.41, 5.74) is 2.70. The first kappa shape index (κ1) is 17.4. The van der Waals surface area contributed by atoms with Gasteiger partial charge in [0.25, 0.3) is 0 Å². The minimum atomic E-state index is -1.23. The molecule has 0 amide bonds. The first-order valence-corrected chi connectivity index (χ1v) is 7.72. The number of benzene rings is 2. The molecule has 0 saturated heterocycles. The fraction of sp³-hybridized carbons (Fsp3) is 0.263. The molecular weight excluding hydrogens is 304 g/mol. The Bertz CT molecular complexity index is 748. The minimum Gasteiger partial charge on any atom is -0.548 e. The van der Waals surface area contributed by atoms with Crippen LogP contribution in [0.1, 0.15) is 36.1 Å². The number of carbonyl (C=O) groups is 1. The highest BCUT2D eigenvalue weighted by atomic mass is 16.5. The van der Waals surface area contributed by atoms with Gasteiger partial charge in [-0.25, -0.2) is 0 Å². The van der Waals surface area contributed by atoms with Crippen molar-refractivity contribution in [2.45, 2.75) is 25.8 Å². The van der Waals surface area contributed by atoms with Crippen molar-refractivity contribution >= 4 is 11.7 Å². The Labute approximate surface area is 141 Å². The number of methoxy groups -OCH3 is 1. The van der Waals surface area contributed by atoms with E-state index in [2.05, 4.69) is 12.2 Å². The van der Waals surface area contributed by atoms with Gasteiger partial charge in [0.1, 0.15) is 5.75 Å². The number of ether oxygens (including phenoxy) is 1. The number of carboxylic acids is 1. The average Bonchev–Trinajstić information content (AvgIpc) is 2.59. The third-order valence-electron chi connectivity index (χ3n) is 3.66. The zero-order valence-corrected chi connectivity index (χ0v) is 13.7. The molecule has 0 bridgehead atoms. The summed E-state index contributed by atoms with van der Waals surface area (Å²) in [5, 5.41) is 23.4. The minimum absolute atomic E-state index is 0.511. The molecule has 0 radical (unpaired) electrons. The second-order valence-corrected chi connectivity index (χ2v) is 5.45. The van der Waals surface area contributed by atoms with Crippen LogP contribution in [0, 0.1) is 11.3 Å². The summed E-state index contributed by atoms with van der Waals surface area (Å²) in [7, 11) is 1.55. The second kappa shape index (κ2) is 8.02. The van der Waals surface area contributed by atoms with Crippen LogP contribution in [-0.4, -0.2) is 13.1 Å². The van der Waals surface area contributed by atoms with Gasteiger partial charge in [-0.3, -0.25) is 0 Å². The maximum Gasteiger partial charge on any atom is 0.119 e. The molecule has 124 valence electrons. The molecule has 0 fully saturated rings. The number of anilines is 1. The summed E-state index contributed by atoms with van der Waals surface area (Å²) in [6.45, 7) is 2.06. The highest BCUT2D eigenvalue weighted by Crippen LogP contribution is 2.26. The molecule has 0 aliphatic rings. The van der Waals surface area contributed by atoms with Gasteiger partial charge in [0.05, 0.1) is 30.8 Å². The molecule has 0 saturated carbocycles. The highest BCUT2D eigenvalue weighted by Gasteiger charge is 2.15. The Morgan fingerprint density at radius 3 is 2.54 bits per heavy atom. The zero-order chi connectivity index (χ0) is 17.5. The van der Waals surface area contributed by atoms with E-state index >= 15 is 0 Å². The summed E-state index contributed by atoms with van der Waals surface area (Å²) in [5.74, 6) is -0.612. The summed E-state index contributed by atoms with van der Waals surface area (Å²) in [6.07, 6.45) is 1.78. The van der Waals surface area contributed by atoms with Crippen molar-refractivity contribution in [2.75, 3.05) is 12.4 Å². The van der Waals surface area contributed by atoms with E-state index < -0.39 is 12.0 Å². The van der Waals surface area contributed by atoms with Crippen LogP contribution >= 0.6 is 0 Å². The molecule has 0 aliphatic heterocycles. The van der Waals surface area contributed by atoms with Crippen LogP contribution in [0.15, 0.2) is 42.5 Å². The molecule has 0 heterocycles. The molecule has 0 aromatic heterocycles. The van der Waals surface area contributed by atoms with Crippen molar-refractivity contribution in [1.82, 2.24) is 0 Å². The Balaban J connectivity index is 2.34. The van der Waals surface area contributed by atoms with Crippen molar-refractivity contribution < 1.29 is 14.6 Å².